The predicted octanol–water partition coefficient (Wildman–Crippen LogP) is 3.39. The van der Waals surface area contributed by atoms with Gasteiger partial charge in [0, 0.05) is 10.0 Å². The highest BCUT2D eigenvalue weighted by atomic mass is 79.9. The van der Waals surface area contributed by atoms with E-state index in [0.717, 1.165) is 10.0 Å². The Morgan fingerprint density at radius 1 is 1.08 bits per heavy atom. The predicted molar refractivity (Wildman–Crippen MR) is 99.5 cm³/mol. The first-order chi connectivity index (χ1) is 12.0. The van der Waals surface area contributed by atoms with Crippen LogP contribution in [0.1, 0.15) is 12.5 Å². The van der Waals surface area contributed by atoms with E-state index < -0.39 is 0 Å². The zero-order valence-electron chi connectivity index (χ0n) is 14.2. The van der Waals surface area contributed by atoms with Gasteiger partial charge in [0.05, 0.1) is 19.9 Å². The van der Waals surface area contributed by atoms with Gasteiger partial charge < -0.3 is 14.2 Å². The summed E-state index contributed by atoms with van der Waals surface area (Å²) >= 11 is 3.34. The van der Waals surface area contributed by atoms with Gasteiger partial charge in [-0.2, -0.15) is 5.10 Å². The number of carbonyl (C=O) groups is 1. The van der Waals surface area contributed by atoms with Crippen LogP contribution < -0.4 is 19.6 Å². The van der Waals surface area contributed by atoms with Crippen molar-refractivity contribution in [3.63, 3.8) is 0 Å². The number of amides is 1. The maximum absolute atomic E-state index is 11.8. The zero-order chi connectivity index (χ0) is 18.2. The van der Waals surface area contributed by atoms with Gasteiger partial charge in [-0.25, -0.2) is 5.43 Å². The van der Waals surface area contributed by atoms with E-state index in [1.54, 1.807) is 45.4 Å². The van der Waals surface area contributed by atoms with Gasteiger partial charge in [-0.3, -0.25) is 4.79 Å². The number of halogens is 1. The smallest absolute Gasteiger partial charge is 0.277 e. The van der Waals surface area contributed by atoms with Crippen molar-refractivity contribution < 1.29 is 19.0 Å². The van der Waals surface area contributed by atoms with Crippen molar-refractivity contribution in [2.24, 2.45) is 5.10 Å². The number of hydrogen-bond donors (Lipinski definition) is 1. The molecule has 0 aliphatic carbocycles. The Labute approximate surface area is 154 Å². The third kappa shape index (κ3) is 5.49. The normalized spacial score (nSPS) is 11.0. The number of ether oxygens (including phenoxy) is 3. The van der Waals surface area contributed by atoms with Crippen LogP contribution in [-0.2, 0) is 4.79 Å². The van der Waals surface area contributed by atoms with Gasteiger partial charge in [-0.15, -0.1) is 0 Å². The number of nitrogens with one attached hydrogen (secondary N) is 1. The minimum atomic E-state index is -0.345. The van der Waals surface area contributed by atoms with Gasteiger partial charge in [0.15, 0.2) is 18.1 Å². The molecule has 2 rings (SSSR count). The van der Waals surface area contributed by atoms with Crippen LogP contribution in [0, 0.1) is 0 Å². The minimum Gasteiger partial charge on any atom is -0.493 e. The molecule has 132 valence electrons. The molecule has 0 aromatic heterocycles. The summed E-state index contributed by atoms with van der Waals surface area (Å²) in [5, 5.41) is 4.08. The van der Waals surface area contributed by atoms with Crippen molar-refractivity contribution >= 4 is 27.5 Å². The Bertz CT molecular complexity index is 760. The summed E-state index contributed by atoms with van der Waals surface area (Å²) < 4.78 is 16.8. The van der Waals surface area contributed by atoms with Crippen molar-refractivity contribution in [1.29, 1.82) is 0 Å². The molecule has 6 nitrogen and oxygen atoms in total. The van der Waals surface area contributed by atoms with Crippen molar-refractivity contribution in [2.75, 3.05) is 20.8 Å². The first kappa shape index (κ1) is 18.8. The van der Waals surface area contributed by atoms with Crippen LogP contribution in [0.15, 0.2) is 52.0 Å². The first-order valence-electron chi connectivity index (χ1n) is 7.47. The van der Waals surface area contributed by atoms with E-state index in [0.29, 0.717) is 23.0 Å². The van der Waals surface area contributed by atoms with Crippen LogP contribution in [-0.4, -0.2) is 32.4 Å². The van der Waals surface area contributed by atoms with Crippen LogP contribution >= 0.6 is 15.9 Å². The largest absolute Gasteiger partial charge is 0.493 e. The van der Waals surface area contributed by atoms with Gasteiger partial charge in [0.2, 0.25) is 0 Å². The lowest BCUT2D eigenvalue weighted by Gasteiger charge is -2.09. The van der Waals surface area contributed by atoms with Gasteiger partial charge >= 0.3 is 0 Å². The van der Waals surface area contributed by atoms with Crippen LogP contribution in [0.3, 0.4) is 0 Å². The molecule has 2 aromatic carbocycles. The fraction of sp³-hybridized carbons (Fsp3) is 0.222. The monoisotopic (exact) mass is 406 g/mol. The van der Waals surface area contributed by atoms with E-state index in [4.69, 9.17) is 14.2 Å². The number of nitrogens with zero attached hydrogens (tertiary/aromatic N) is 1. The molecule has 7 heteroatoms. The molecule has 1 amide bonds. The van der Waals surface area contributed by atoms with Crippen molar-refractivity contribution in [3.8, 4) is 17.2 Å². The van der Waals surface area contributed by atoms with E-state index in [1.807, 2.05) is 18.2 Å². The lowest BCUT2D eigenvalue weighted by Crippen LogP contribution is -2.25. The van der Waals surface area contributed by atoms with Crippen molar-refractivity contribution in [1.82, 2.24) is 5.43 Å². The third-order valence-corrected chi connectivity index (χ3v) is 3.86. The summed E-state index contributed by atoms with van der Waals surface area (Å²) in [6.45, 7) is 1.67. The molecule has 0 unspecified atom stereocenters. The number of hydrazone groups is 1. The summed E-state index contributed by atoms with van der Waals surface area (Å²) in [6.07, 6.45) is 0. The Balaban J connectivity index is 1.93. The molecule has 0 spiro atoms. The summed E-state index contributed by atoms with van der Waals surface area (Å²) in [7, 11) is 3.14. The maximum atomic E-state index is 11.8. The summed E-state index contributed by atoms with van der Waals surface area (Å²) in [4.78, 5) is 11.8. The highest BCUT2D eigenvalue weighted by Gasteiger charge is 2.07. The van der Waals surface area contributed by atoms with E-state index in [9.17, 15) is 4.79 Å². The Morgan fingerprint density at radius 2 is 1.76 bits per heavy atom. The van der Waals surface area contributed by atoms with E-state index >= 15 is 0 Å². The van der Waals surface area contributed by atoms with Gasteiger partial charge in [-0.05, 0) is 49.4 Å². The van der Waals surface area contributed by atoms with E-state index in [1.165, 1.54) is 0 Å². The third-order valence-electron chi connectivity index (χ3n) is 3.33. The molecule has 0 heterocycles. The molecule has 2 aromatic rings. The maximum Gasteiger partial charge on any atom is 0.277 e. The Morgan fingerprint density at radius 3 is 2.40 bits per heavy atom. The minimum absolute atomic E-state index is 0.121. The fourth-order valence-corrected chi connectivity index (χ4v) is 2.25. The average molecular weight is 407 g/mol. The van der Waals surface area contributed by atoms with Gasteiger partial charge in [0.1, 0.15) is 5.75 Å². The van der Waals surface area contributed by atoms with Crippen LogP contribution in [0.25, 0.3) is 0 Å². The molecule has 0 aliphatic heterocycles. The SMILES string of the molecule is COc1ccc(/C(C)=N/NC(=O)COc2ccc(Br)cc2)cc1OC. The van der Waals surface area contributed by atoms with Crippen molar-refractivity contribution in [3.05, 3.63) is 52.5 Å². The summed E-state index contributed by atoms with van der Waals surface area (Å²) in [5.74, 6) is 1.49. The zero-order valence-corrected chi connectivity index (χ0v) is 15.8. The lowest BCUT2D eigenvalue weighted by molar-refractivity contribution is -0.123. The average Bonchev–Trinajstić information content (AvgIpc) is 2.64. The molecule has 0 bridgehead atoms. The quantitative estimate of drug-likeness (QED) is 0.565. The van der Waals surface area contributed by atoms with E-state index in [-0.39, 0.29) is 12.5 Å². The molecular formula is C18H19BrN2O4. The number of hydrogen-bond acceptors (Lipinski definition) is 5. The highest BCUT2D eigenvalue weighted by molar-refractivity contribution is 9.10. The topological polar surface area (TPSA) is 69.2 Å². The molecule has 0 aliphatic rings. The molecule has 0 atom stereocenters. The molecule has 1 N–H and O–H groups in total. The van der Waals surface area contributed by atoms with Gasteiger partial charge in [0.25, 0.3) is 5.91 Å². The van der Waals surface area contributed by atoms with Crippen LogP contribution in [0.2, 0.25) is 0 Å². The van der Waals surface area contributed by atoms with E-state index in [2.05, 4.69) is 26.5 Å². The lowest BCUT2D eigenvalue weighted by atomic mass is 10.1. The second kappa shape index (κ2) is 9.08. The number of methoxy groups -OCH3 is 2. The first-order valence-corrected chi connectivity index (χ1v) is 8.26. The summed E-state index contributed by atoms with van der Waals surface area (Å²) in [6, 6.07) is 12.6. The molecule has 0 radical (unpaired) electrons. The highest BCUT2D eigenvalue weighted by Crippen LogP contribution is 2.27. The van der Waals surface area contributed by atoms with Crippen molar-refractivity contribution in [2.45, 2.75) is 6.92 Å². The fourth-order valence-electron chi connectivity index (χ4n) is 1.98. The Hall–Kier alpha value is -2.54. The molecule has 0 fully saturated rings. The van der Waals surface area contributed by atoms with Crippen LogP contribution in [0.5, 0.6) is 17.2 Å². The molecule has 25 heavy (non-hydrogen) atoms. The summed E-state index contributed by atoms with van der Waals surface area (Å²) in [5.41, 5.74) is 3.92. The van der Waals surface area contributed by atoms with Gasteiger partial charge in [-0.1, -0.05) is 15.9 Å². The molecular weight excluding hydrogens is 388 g/mol. The molecule has 0 saturated heterocycles. The second-order valence-electron chi connectivity index (χ2n) is 5.04. The number of carbonyl (C=O) groups excluding carboxylic acids is 1. The Kier molecular flexibility index (Phi) is 6.82. The second-order valence-corrected chi connectivity index (χ2v) is 5.96. The van der Waals surface area contributed by atoms with Crippen LogP contribution in [0.4, 0.5) is 0 Å². The number of rotatable bonds is 7. The standard InChI is InChI=1S/C18H19BrN2O4/c1-12(13-4-9-16(23-2)17(10-13)24-3)20-21-18(22)11-25-15-7-5-14(19)6-8-15/h4-10H,11H2,1-3H3,(H,21,22)/b20-12+. The number of benzene rings is 2. The molecule has 0 saturated carbocycles.